The van der Waals surface area contributed by atoms with Crippen molar-refractivity contribution >= 4 is 34.5 Å². The minimum absolute atomic E-state index is 0.00239. The van der Waals surface area contributed by atoms with Gasteiger partial charge in [-0.2, -0.15) is 0 Å². The summed E-state index contributed by atoms with van der Waals surface area (Å²) in [6, 6.07) is 6.35. The number of aromatic amines is 1. The van der Waals surface area contributed by atoms with Gasteiger partial charge in [0.1, 0.15) is 0 Å². The largest absolute Gasteiger partial charge is 0.356 e. The molecular formula is C41H59N5O4. The molecule has 1 saturated heterocycles. The topological polar surface area (TPSA) is 106 Å². The van der Waals surface area contributed by atoms with E-state index >= 15 is 0 Å². The fourth-order valence-electron chi connectivity index (χ4n) is 11.6. The molecular weight excluding hydrogens is 626 g/mol. The Bertz CT molecular complexity index is 1630. The van der Waals surface area contributed by atoms with Crippen LogP contribution >= 0.6 is 0 Å². The van der Waals surface area contributed by atoms with Gasteiger partial charge in [0.15, 0.2) is 0 Å². The van der Waals surface area contributed by atoms with E-state index in [2.05, 4.69) is 63.1 Å². The first kappa shape index (κ1) is 35.1. The van der Waals surface area contributed by atoms with Crippen LogP contribution in [0.4, 0.5) is 0 Å². The molecule has 0 radical (unpaired) electrons. The van der Waals surface area contributed by atoms with Crippen molar-refractivity contribution in [3.8, 4) is 0 Å². The zero-order valence-corrected chi connectivity index (χ0v) is 31.4. The summed E-state index contributed by atoms with van der Waals surface area (Å²) in [6.45, 7) is 11.5. The Morgan fingerprint density at radius 1 is 0.980 bits per heavy atom. The van der Waals surface area contributed by atoms with E-state index in [1.807, 2.05) is 9.80 Å². The molecule has 5 fully saturated rings. The fourth-order valence-corrected chi connectivity index (χ4v) is 11.6. The number of carbonyl (C=O) groups excluding carboxylic acids is 4. The van der Waals surface area contributed by atoms with Gasteiger partial charge in [-0.25, -0.2) is 0 Å². The Balaban J connectivity index is 1.16. The van der Waals surface area contributed by atoms with Crippen LogP contribution in [0, 0.1) is 35.0 Å². The van der Waals surface area contributed by atoms with Crippen molar-refractivity contribution < 1.29 is 19.2 Å². The van der Waals surface area contributed by atoms with Gasteiger partial charge in [0.25, 0.3) is 0 Å². The first-order chi connectivity index (χ1) is 23.7. The van der Waals surface area contributed by atoms with Crippen molar-refractivity contribution in [2.45, 2.75) is 123 Å². The molecule has 272 valence electrons. The van der Waals surface area contributed by atoms with E-state index in [0.29, 0.717) is 32.2 Å². The van der Waals surface area contributed by atoms with Crippen LogP contribution in [0.1, 0.15) is 109 Å². The van der Waals surface area contributed by atoms with Gasteiger partial charge in [-0.3, -0.25) is 19.2 Å². The molecule has 1 aromatic heterocycles. The molecule has 2 aliphatic heterocycles. The molecule has 3 heterocycles. The summed E-state index contributed by atoms with van der Waals surface area (Å²) < 4.78 is 0. The molecule has 2 aromatic rings. The molecule has 4 aliphatic carbocycles. The van der Waals surface area contributed by atoms with Gasteiger partial charge in [-0.1, -0.05) is 12.1 Å². The number of hydrogen-bond donors (Lipinski definition) is 2. The molecule has 4 bridgehead atoms. The summed E-state index contributed by atoms with van der Waals surface area (Å²) in [4.78, 5) is 64.5. The van der Waals surface area contributed by atoms with Crippen molar-refractivity contribution in [3.05, 3.63) is 35.0 Å². The summed E-state index contributed by atoms with van der Waals surface area (Å²) in [5, 5.41) is 4.43. The monoisotopic (exact) mass is 685 g/mol. The van der Waals surface area contributed by atoms with E-state index in [9.17, 15) is 19.2 Å². The van der Waals surface area contributed by atoms with Gasteiger partial charge in [0.05, 0.1) is 11.5 Å². The van der Waals surface area contributed by atoms with Gasteiger partial charge in [0.2, 0.25) is 23.6 Å². The predicted octanol–water partition coefficient (Wildman–Crippen LogP) is 5.79. The second kappa shape index (κ2) is 13.0. The molecule has 6 aliphatic rings. The third-order valence-corrected chi connectivity index (χ3v) is 13.5. The van der Waals surface area contributed by atoms with Crippen LogP contribution in [-0.4, -0.2) is 82.6 Å². The summed E-state index contributed by atoms with van der Waals surface area (Å²) in [5.74, 6) is 1.48. The third kappa shape index (κ3) is 6.04. The zero-order valence-electron chi connectivity index (χ0n) is 31.4. The Morgan fingerprint density at radius 2 is 1.62 bits per heavy atom. The molecule has 2 N–H and O–H groups in total. The van der Waals surface area contributed by atoms with Crippen LogP contribution in [0.5, 0.6) is 0 Å². The number of nitrogens with zero attached hydrogens (tertiary/aromatic N) is 3. The first-order valence-electron chi connectivity index (χ1n) is 19.4. The van der Waals surface area contributed by atoms with Crippen molar-refractivity contribution in [1.29, 1.82) is 0 Å². The van der Waals surface area contributed by atoms with E-state index < -0.39 is 17.4 Å². The van der Waals surface area contributed by atoms with Crippen LogP contribution in [0.15, 0.2) is 18.2 Å². The maximum absolute atomic E-state index is 14.8. The van der Waals surface area contributed by atoms with Crippen LogP contribution in [0.2, 0.25) is 0 Å². The standard InChI is InChI=1S/C41H59N5O4/c1-24(2)46(25(3)4)39(50)33-18-30(19-35(47)42-23-41-20-27-14-28(21-41)16-29(15-27)22-41)38(49)45-13-12-32-31-10-8-26(9-11-36(48)44(6)7)17-34(31)43-37(32)40(33,45)5/h8,10,17,24-25,27-30,33,43H,9,11-16,18-23H2,1-7H3,(H,42,47)/t27?,28?,29?,30-,33-,40+,41?/m1/s1. The molecule has 4 amide bonds. The average molecular weight is 686 g/mol. The van der Waals surface area contributed by atoms with Crippen LogP contribution in [-0.2, 0) is 37.6 Å². The highest BCUT2D eigenvalue weighted by Gasteiger charge is 2.58. The molecule has 4 saturated carbocycles. The number of aryl methyl sites for hydroxylation is 1. The molecule has 50 heavy (non-hydrogen) atoms. The van der Waals surface area contributed by atoms with Crippen LogP contribution < -0.4 is 5.32 Å². The number of aromatic nitrogens is 1. The van der Waals surface area contributed by atoms with Crippen LogP contribution in [0.25, 0.3) is 10.9 Å². The van der Waals surface area contributed by atoms with E-state index in [-0.39, 0.29) is 47.5 Å². The Hall–Kier alpha value is -3.36. The smallest absolute Gasteiger partial charge is 0.228 e. The summed E-state index contributed by atoms with van der Waals surface area (Å²) in [6.07, 6.45) is 10.0. The normalized spacial score (nSPS) is 31.3. The lowest BCUT2D eigenvalue weighted by Gasteiger charge is -2.57. The number of rotatable bonds is 10. The molecule has 0 unspecified atom stereocenters. The summed E-state index contributed by atoms with van der Waals surface area (Å²) in [5.41, 5.74) is 3.49. The second-order valence-corrected chi connectivity index (χ2v) is 17.9. The van der Waals surface area contributed by atoms with Gasteiger partial charge >= 0.3 is 0 Å². The highest BCUT2D eigenvalue weighted by Crippen LogP contribution is 2.60. The van der Waals surface area contributed by atoms with E-state index in [4.69, 9.17) is 0 Å². The molecule has 8 rings (SSSR count). The lowest BCUT2D eigenvalue weighted by atomic mass is 9.49. The third-order valence-electron chi connectivity index (χ3n) is 13.5. The summed E-state index contributed by atoms with van der Waals surface area (Å²) >= 11 is 0. The average Bonchev–Trinajstić information content (AvgIpc) is 3.42. The maximum atomic E-state index is 14.8. The van der Waals surface area contributed by atoms with E-state index in [0.717, 1.165) is 52.0 Å². The molecule has 9 nitrogen and oxygen atoms in total. The molecule has 0 spiro atoms. The Morgan fingerprint density at radius 3 is 2.22 bits per heavy atom. The van der Waals surface area contributed by atoms with Crippen LogP contribution in [0.3, 0.4) is 0 Å². The van der Waals surface area contributed by atoms with Crippen molar-refractivity contribution in [3.63, 3.8) is 0 Å². The highest BCUT2D eigenvalue weighted by atomic mass is 16.2. The number of H-pyrrole nitrogens is 1. The van der Waals surface area contributed by atoms with Gasteiger partial charge in [0, 0.05) is 74.6 Å². The zero-order chi connectivity index (χ0) is 35.7. The second-order valence-electron chi connectivity index (χ2n) is 17.9. The van der Waals surface area contributed by atoms with Gasteiger partial charge in [-0.15, -0.1) is 0 Å². The maximum Gasteiger partial charge on any atom is 0.228 e. The number of piperidine rings is 1. The summed E-state index contributed by atoms with van der Waals surface area (Å²) in [7, 11) is 3.56. The number of carbonyl (C=O) groups is 4. The Kier molecular flexibility index (Phi) is 9.12. The van der Waals surface area contributed by atoms with Gasteiger partial charge in [-0.05, 0) is 133 Å². The molecule has 3 atom stereocenters. The SMILES string of the molecule is CC(C)N(C(=O)[C@H]1C[C@H](CC(=O)NCC23CC4CC(CC(C4)C2)C3)C(=O)N2CCc3c([nH]c4cc(CCC(=O)N(C)C)ccc34)[C@]12C)C(C)C. The number of hydrogen-bond acceptors (Lipinski definition) is 4. The lowest BCUT2D eigenvalue weighted by molar-refractivity contribution is -0.166. The van der Waals surface area contributed by atoms with Crippen molar-refractivity contribution in [2.24, 2.45) is 35.0 Å². The number of benzene rings is 1. The minimum Gasteiger partial charge on any atom is -0.356 e. The number of fused-ring (bicyclic) bond motifs is 5. The van der Waals surface area contributed by atoms with E-state index in [1.54, 1.807) is 19.0 Å². The fraction of sp³-hybridized carbons (Fsp3) is 0.707. The van der Waals surface area contributed by atoms with Gasteiger partial charge < -0.3 is 25.0 Å². The first-order valence-corrected chi connectivity index (χ1v) is 19.4. The quantitative estimate of drug-likeness (QED) is 0.330. The van der Waals surface area contributed by atoms with Crippen molar-refractivity contribution in [1.82, 2.24) is 25.0 Å². The lowest BCUT2D eigenvalue weighted by Crippen LogP contribution is -2.65. The minimum atomic E-state index is -0.879. The predicted molar refractivity (Wildman–Crippen MR) is 195 cm³/mol. The Labute approximate surface area is 298 Å². The van der Waals surface area contributed by atoms with E-state index in [1.165, 1.54) is 38.5 Å². The molecule has 9 heteroatoms. The number of nitrogens with one attached hydrogen (secondary N) is 2. The highest BCUT2D eigenvalue weighted by molar-refractivity contribution is 5.93. The molecule has 1 aromatic carbocycles. The number of amides is 4. The van der Waals surface area contributed by atoms with Crippen molar-refractivity contribution in [2.75, 3.05) is 27.2 Å².